The van der Waals surface area contributed by atoms with Crippen LogP contribution in [0.4, 0.5) is 11.6 Å². The van der Waals surface area contributed by atoms with Gasteiger partial charge in [-0.15, -0.1) is 0 Å². The Bertz CT molecular complexity index is 971. The predicted octanol–water partition coefficient (Wildman–Crippen LogP) is 2.68. The topological polar surface area (TPSA) is 90.6 Å². The van der Waals surface area contributed by atoms with Crippen LogP contribution in [0.1, 0.15) is 24.1 Å². The fourth-order valence-corrected chi connectivity index (χ4v) is 3.31. The first kappa shape index (κ1) is 16.2. The van der Waals surface area contributed by atoms with Crippen LogP contribution in [0, 0.1) is 18.3 Å². The van der Waals surface area contributed by atoms with Gasteiger partial charge in [-0.05, 0) is 44.0 Å². The third-order valence-corrected chi connectivity index (χ3v) is 4.66. The zero-order valence-electron chi connectivity index (χ0n) is 14.6. The van der Waals surface area contributed by atoms with Crippen LogP contribution < -0.4 is 10.2 Å². The van der Waals surface area contributed by atoms with Crippen molar-refractivity contribution in [1.29, 1.82) is 5.26 Å². The quantitative estimate of drug-likeness (QED) is 0.780. The highest BCUT2D eigenvalue weighted by Crippen LogP contribution is 2.24. The molecule has 1 aliphatic rings. The summed E-state index contributed by atoms with van der Waals surface area (Å²) in [7, 11) is 0. The third kappa shape index (κ3) is 3.14. The fraction of sp³-hybridized carbons (Fsp3) is 0.316. The van der Waals surface area contributed by atoms with Crippen LogP contribution in [0.15, 0.2) is 36.8 Å². The molecule has 0 radical (unpaired) electrons. The van der Waals surface area contributed by atoms with E-state index >= 15 is 0 Å². The fourth-order valence-electron chi connectivity index (χ4n) is 3.31. The number of anilines is 2. The van der Waals surface area contributed by atoms with Crippen LogP contribution in [0.25, 0.3) is 11.0 Å². The van der Waals surface area contributed by atoms with Crippen molar-refractivity contribution in [2.75, 3.05) is 23.3 Å². The van der Waals surface area contributed by atoms with E-state index in [9.17, 15) is 5.26 Å². The van der Waals surface area contributed by atoms with E-state index in [0.717, 1.165) is 54.3 Å². The van der Waals surface area contributed by atoms with Gasteiger partial charge in [0.2, 0.25) is 0 Å². The Labute approximate surface area is 151 Å². The van der Waals surface area contributed by atoms with Crippen LogP contribution in [0.5, 0.6) is 0 Å². The van der Waals surface area contributed by atoms with E-state index in [0.29, 0.717) is 11.6 Å². The summed E-state index contributed by atoms with van der Waals surface area (Å²) in [6, 6.07) is 10.1. The maximum atomic E-state index is 9.27. The van der Waals surface area contributed by atoms with Crippen LogP contribution in [-0.4, -0.2) is 39.1 Å². The summed E-state index contributed by atoms with van der Waals surface area (Å²) >= 11 is 0. The molecule has 4 rings (SSSR count). The largest absolute Gasteiger partial charge is 0.365 e. The number of fused-ring (bicyclic) bond motifs is 1. The third-order valence-electron chi connectivity index (χ3n) is 4.66. The van der Waals surface area contributed by atoms with Crippen LogP contribution in [0.3, 0.4) is 0 Å². The second-order valence-electron chi connectivity index (χ2n) is 6.43. The summed E-state index contributed by atoms with van der Waals surface area (Å²) in [4.78, 5) is 19.8. The maximum absolute atomic E-state index is 9.27. The molecular formula is C19H19N7. The lowest BCUT2D eigenvalue weighted by Gasteiger charge is -2.33. The van der Waals surface area contributed by atoms with Crippen LogP contribution in [-0.2, 0) is 0 Å². The number of piperidine rings is 1. The lowest BCUT2D eigenvalue weighted by molar-refractivity contribution is 0.522. The van der Waals surface area contributed by atoms with Crippen molar-refractivity contribution < 1.29 is 0 Å². The highest BCUT2D eigenvalue weighted by molar-refractivity contribution is 5.84. The lowest BCUT2D eigenvalue weighted by atomic mass is 10.0. The highest BCUT2D eigenvalue weighted by Gasteiger charge is 2.22. The Morgan fingerprint density at radius 3 is 2.81 bits per heavy atom. The molecule has 0 bridgehead atoms. The van der Waals surface area contributed by atoms with Crippen molar-refractivity contribution in [2.45, 2.75) is 25.8 Å². The Hall–Kier alpha value is -3.27. The van der Waals surface area contributed by atoms with E-state index in [-0.39, 0.29) is 0 Å². The molecule has 0 aliphatic carbocycles. The molecule has 26 heavy (non-hydrogen) atoms. The summed E-state index contributed by atoms with van der Waals surface area (Å²) in [5.74, 6) is 1.56. The normalized spacial score (nSPS) is 15.0. The average Bonchev–Trinajstić information content (AvgIpc) is 2.69. The second-order valence-corrected chi connectivity index (χ2v) is 6.43. The monoisotopic (exact) mass is 345 g/mol. The molecule has 1 saturated heterocycles. The molecule has 1 fully saturated rings. The Morgan fingerprint density at radius 2 is 2.00 bits per heavy atom. The van der Waals surface area contributed by atoms with Gasteiger partial charge in [0.05, 0.1) is 11.1 Å². The van der Waals surface area contributed by atoms with Gasteiger partial charge in [0.15, 0.2) is 5.82 Å². The summed E-state index contributed by atoms with van der Waals surface area (Å²) in [5.41, 5.74) is 3.23. The minimum Gasteiger partial charge on any atom is -0.365 e. The molecule has 0 spiro atoms. The molecule has 7 nitrogen and oxygen atoms in total. The minimum atomic E-state index is 0.306. The van der Waals surface area contributed by atoms with E-state index in [4.69, 9.17) is 0 Å². The smallest absolute Gasteiger partial charge is 0.156 e. The first-order valence-electron chi connectivity index (χ1n) is 8.69. The molecule has 3 aromatic heterocycles. The molecule has 4 heterocycles. The molecule has 3 aromatic rings. The highest BCUT2D eigenvalue weighted by atomic mass is 15.2. The summed E-state index contributed by atoms with van der Waals surface area (Å²) < 4.78 is 0. The van der Waals surface area contributed by atoms with Gasteiger partial charge in [0.25, 0.3) is 0 Å². The first-order valence-corrected chi connectivity index (χ1v) is 8.69. The second kappa shape index (κ2) is 6.92. The molecule has 130 valence electrons. The summed E-state index contributed by atoms with van der Waals surface area (Å²) in [5, 5.41) is 12.8. The number of nitriles is 1. The number of aryl methyl sites for hydroxylation is 1. The number of nitrogens with zero attached hydrogens (tertiary/aromatic N) is 6. The predicted molar refractivity (Wildman–Crippen MR) is 99.9 cm³/mol. The van der Waals surface area contributed by atoms with Gasteiger partial charge in [-0.25, -0.2) is 19.9 Å². The molecule has 0 aromatic carbocycles. The minimum absolute atomic E-state index is 0.306. The van der Waals surface area contributed by atoms with Crippen molar-refractivity contribution in [3.05, 3.63) is 48.0 Å². The SMILES string of the molecule is Cc1ccc2ncnc(NC3CCN(c4ncccc4C#N)CC3)c2n1. The number of aromatic nitrogens is 4. The number of hydrogen-bond donors (Lipinski definition) is 1. The first-order chi connectivity index (χ1) is 12.7. The van der Waals surface area contributed by atoms with Crippen molar-refractivity contribution in [3.63, 3.8) is 0 Å². The number of hydrogen-bond acceptors (Lipinski definition) is 7. The van der Waals surface area contributed by atoms with Gasteiger partial charge in [0, 0.05) is 31.0 Å². The molecular weight excluding hydrogens is 326 g/mol. The molecule has 1 aliphatic heterocycles. The van der Waals surface area contributed by atoms with E-state index in [1.807, 2.05) is 25.1 Å². The van der Waals surface area contributed by atoms with Gasteiger partial charge in [0.1, 0.15) is 23.7 Å². The zero-order valence-corrected chi connectivity index (χ0v) is 14.6. The maximum Gasteiger partial charge on any atom is 0.156 e. The van der Waals surface area contributed by atoms with Crippen LogP contribution in [0.2, 0.25) is 0 Å². The van der Waals surface area contributed by atoms with Gasteiger partial charge >= 0.3 is 0 Å². The Morgan fingerprint density at radius 1 is 1.15 bits per heavy atom. The standard InChI is InChI=1S/C19H19N7/c1-13-4-5-16-17(24-13)18(23-12-22-16)25-15-6-9-26(10-7-15)19-14(11-20)3-2-8-21-19/h2-5,8,12,15H,6-7,9-10H2,1H3,(H,22,23,25). The van der Waals surface area contributed by atoms with Crippen molar-refractivity contribution in [2.24, 2.45) is 0 Å². The van der Waals surface area contributed by atoms with Crippen molar-refractivity contribution >= 4 is 22.7 Å². The van der Waals surface area contributed by atoms with Gasteiger partial charge < -0.3 is 10.2 Å². The average molecular weight is 345 g/mol. The van der Waals surface area contributed by atoms with Gasteiger partial charge in [-0.2, -0.15) is 5.26 Å². The number of nitrogens with one attached hydrogen (secondary N) is 1. The van der Waals surface area contributed by atoms with Gasteiger partial charge in [-0.1, -0.05) is 0 Å². The number of rotatable bonds is 3. The summed E-state index contributed by atoms with van der Waals surface area (Å²) in [6.07, 6.45) is 5.20. The van der Waals surface area contributed by atoms with Gasteiger partial charge in [-0.3, -0.25) is 0 Å². The molecule has 1 N–H and O–H groups in total. The Balaban J connectivity index is 1.48. The molecule has 0 atom stereocenters. The summed E-state index contributed by atoms with van der Waals surface area (Å²) in [6.45, 7) is 3.66. The number of pyridine rings is 2. The Kier molecular flexibility index (Phi) is 4.32. The van der Waals surface area contributed by atoms with E-state index < -0.39 is 0 Å². The zero-order chi connectivity index (χ0) is 17.9. The van der Waals surface area contributed by atoms with E-state index in [1.54, 1.807) is 18.6 Å². The molecule has 0 saturated carbocycles. The lowest BCUT2D eigenvalue weighted by Crippen LogP contribution is -2.40. The van der Waals surface area contributed by atoms with Crippen molar-refractivity contribution in [1.82, 2.24) is 19.9 Å². The molecule has 0 unspecified atom stereocenters. The van der Waals surface area contributed by atoms with Crippen LogP contribution >= 0.6 is 0 Å². The van der Waals surface area contributed by atoms with E-state index in [1.165, 1.54) is 0 Å². The molecule has 0 amide bonds. The molecule has 7 heteroatoms. The van der Waals surface area contributed by atoms with E-state index in [2.05, 4.69) is 36.2 Å². The van der Waals surface area contributed by atoms with Crippen molar-refractivity contribution in [3.8, 4) is 6.07 Å².